The molecule has 11 nitrogen and oxygen atoms in total. The lowest BCUT2D eigenvalue weighted by atomic mass is 9.96. The van der Waals surface area contributed by atoms with Crippen molar-refractivity contribution in [1.29, 1.82) is 0 Å². The van der Waals surface area contributed by atoms with Crippen molar-refractivity contribution in [2.75, 3.05) is 70.1 Å². The van der Waals surface area contributed by atoms with Crippen molar-refractivity contribution in [3.05, 3.63) is 64.3 Å². The van der Waals surface area contributed by atoms with Crippen LogP contribution in [0.5, 0.6) is 11.6 Å². The first-order valence-electron chi connectivity index (χ1n) is 15.5. The standard InChI is InChI=1S/C32H41Cl2N7O4S/c1-23(42)35-20-24-5-8-40(9-6-24)22-25-15-30(26-17-27(33)19-28(34)18-26)38-32(16-25)45-29-3-4-31(36-21-29)41-13-11-39(12-14-41)10-7-37-46(2,43)44/h3-4,15-19,21,24,37H,5-14,20,22H2,1-2H3,(H,35,42). The van der Waals surface area contributed by atoms with Crippen molar-refractivity contribution < 1.29 is 17.9 Å². The molecule has 3 aromatic rings. The van der Waals surface area contributed by atoms with E-state index >= 15 is 0 Å². The van der Waals surface area contributed by atoms with Crippen LogP contribution in [0.3, 0.4) is 0 Å². The Morgan fingerprint density at radius 2 is 1.70 bits per heavy atom. The minimum absolute atomic E-state index is 0.0156. The summed E-state index contributed by atoms with van der Waals surface area (Å²) in [4.78, 5) is 27.7. The number of hydrogen-bond donors (Lipinski definition) is 2. The SMILES string of the molecule is CC(=O)NCC1CCN(Cc2cc(Oc3ccc(N4CCN(CCNS(C)(=O)=O)CC4)nc3)nc(-c3cc(Cl)cc(Cl)c3)c2)CC1. The molecule has 14 heteroatoms. The second-order valence-corrected chi connectivity index (χ2v) is 14.7. The number of anilines is 1. The molecule has 2 fully saturated rings. The van der Waals surface area contributed by atoms with E-state index in [2.05, 4.69) is 35.8 Å². The highest BCUT2D eigenvalue weighted by Gasteiger charge is 2.21. The number of halogens is 2. The lowest BCUT2D eigenvalue weighted by Crippen LogP contribution is -2.48. The van der Waals surface area contributed by atoms with Gasteiger partial charge >= 0.3 is 0 Å². The summed E-state index contributed by atoms with van der Waals surface area (Å²) in [6.07, 6.45) is 4.94. The quantitative estimate of drug-likeness (QED) is 0.287. The number of benzene rings is 1. The number of likely N-dealkylation sites (tertiary alicyclic amines) is 1. The molecule has 2 N–H and O–H groups in total. The first-order valence-corrected chi connectivity index (χ1v) is 18.1. The van der Waals surface area contributed by atoms with Crippen molar-refractivity contribution in [2.45, 2.75) is 26.3 Å². The number of nitrogens with one attached hydrogen (secondary N) is 2. The molecule has 2 saturated heterocycles. The molecule has 0 atom stereocenters. The number of carbonyl (C=O) groups is 1. The summed E-state index contributed by atoms with van der Waals surface area (Å²) in [6.45, 7) is 9.23. The normalized spacial score (nSPS) is 16.8. The number of carbonyl (C=O) groups excluding carboxylic acids is 1. The number of nitrogens with zero attached hydrogens (tertiary/aromatic N) is 5. The van der Waals surface area contributed by atoms with Crippen LogP contribution >= 0.6 is 23.2 Å². The number of hydrogen-bond acceptors (Lipinski definition) is 9. The average Bonchev–Trinajstić information content (AvgIpc) is 3.00. The maximum absolute atomic E-state index is 11.3. The summed E-state index contributed by atoms with van der Waals surface area (Å²) in [6, 6.07) is 13.2. The van der Waals surface area contributed by atoms with E-state index < -0.39 is 10.0 Å². The predicted molar refractivity (Wildman–Crippen MR) is 182 cm³/mol. The molecular weight excluding hydrogens is 649 g/mol. The van der Waals surface area contributed by atoms with Gasteiger partial charge in [-0.2, -0.15) is 0 Å². The Bertz CT molecular complexity index is 1570. The van der Waals surface area contributed by atoms with E-state index in [1.807, 2.05) is 30.3 Å². The molecule has 1 amide bonds. The molecule has 248 valence electrons. The van der Waals surface area contributed by atoms with E-state index in [9.17, 15) is 13.2 Å². The van der Waals surface area contributed by atoms with Gasteiger partial charge in [0.25, 0.3) is 0 Å². The minimum Gasteiger partial charge on any atom is -0.437 e. The monoisotopic (exact) mass is 689 g/mol. The van der Waals surface area contributed by atoms with Gasteiger partial charge < -0.3 is 15.0 Å². The number of rotatable bonds is 12. The maximum Gasteiger partial charge on any atom is 0.220 e. The Balaban J connectivity index is 1.24. The molecular formula is C32H41Cl2N7O4S. The molecule has 2 aromatic heterocycles. The highest BCUT2D eigenvalue weighted by atomic mass is 35.5. The molecule has 0 spiro atoms. The highest BCUT2D eigenvalue weighted by Crippen LogP contribution is 2.31. The summed E-state index contributed by atoms with van der Waals surface area (Å²) in [5.74, 6) is 2.40. The van der Waals surface area contributed by atoms with Crippen LogP contribution in [0.25, 0.3) is 11.3 Å². The number of sulfonamides is 1. The van der Waals surface area contributed by atoms with E-state index in [4.69, 9.17) is 32.9 Å². The molecule has 0 radical (unpaired) electrons. The van der Waals surface area contributed by atoms with Gasteiger partial charge in [-0.1, -0.05) is 23.2 Å². The summed E-state index contributed by atoms with van der Waals surface area (Å²) in [5, 5.41) is 4.01. The molecule has 0 unspecified atom stereocenters. The van der Waals surface area contributed by atoms with Gasteiger partial charge in [-0.15, -0.1) is 0 Å². The maximum atomic E-state index is 11.3. The molecule has 0 aliphatic carbocycles. The summed E-state index contributed by atoms with van der Waals surface area (Å²) in [7, 11) is -3.18. The van der Waals surface area contributed by atoms with E-state index in [1.54, 1.807) is 19.2 Å². The number of piperidine rings is 1. The van der Waals surface area contributed by atoms with E-state index in [-0.39, 0.29) is 5.91 Å². The third kappa shape index (κ3) is 10.5. The van der Waals surface area contributed by atoms with Gasteiger partial charge in [-0.25, -0.2) is 23.1 Å². The van der Waals surface area contributed by atoms with Crippen LogP contribution in [0.15, 0.2) is 48.7 Å². The van der Waals surface area contributed by atoms with Crippen molar-refractivity contribution >= 4 is 45.0 Å². The zero-order valence-electron chi connectivity index (χ0n) is 26.2. The van der Waals surface area contributed by atoms with E-state index in [0.29, 0.717) is 46.4 Å². The Morgan fingerprint density at radius 3 is 2.33 bits per heavy atom. The molecule has 2 aliphatic heterocycles. The number of pyridine rings is 2. The van der Waals surface area contributed by atoms with Crippen LogP contribution in [0.2, 0.25) is 10.0 Å². The van der Waals surface area contributed by atoms with E-state index in [0.717, 1.165) is 82.1 Å². The molecule has 0 saturated carbocycles. The van der Waals surface area contributed by atoms with Crippen molar-refractivity contribution in [2.24, 2.45) is 5.92 Å². The van der Waals surface area contributed by atoms with Crippen LogP contribution in [0.1, 0.15) is 25.3 Å². The Hall–Kier alpha value is -3.00. The second kappa shape index (κ2) is 15.7. The Labute approximate surface area is 281 Å². The summed E-state index contributed by atoms with van der Waals surface area (Å²) >= 11 is 12.7. The third-order valence-electron chi connectivity index (χ3n) is 8.20. The van der Waals surface area contributed by atoms with Crippen LogP contribution in [0, 0.1) is 5.92 Å². The summed E-state index contributed by atoms with van der Waals surface area (Å²) in [5.41, 5.74) is 2.58. The smallest absolute Gasteiger partial charge is 0.220 e. The van der Waals surface area contributed by atoms with Gasteiger partial charge in [-0.3, -0.25) is 14.6 Å². The fraction of sp³-hybridized carbons (Fsp3) is 0.469. The van der Waals surface area contributed by atoms with Gasteiger partial charge in [0.05, 0.1) is 18.1 Å². The lowest BCUT2D eigenvalue weighted by Gasteiger charge is -2.35. The highest BCUT2D eigenvalue weighted by molar-refractivity contribution is 7.88. The number of ether oxygens (including phenoxy) is 1. The largest absolute Gasteiger partial charge is 0.437 e. The average molecular weight is 691 g/mol. The number of amides is 1. The van der Waals surface area contributed by atoms with Crippen LogP contribution < -0.4 is 19.7 Å². The molecule has 0 bridgehead atoms. The van der Waals surface area contributed by atoms with Crippen molar-refractivity contribution in [3.63, 3.8) is 0 Å². The first-order chi connectivity index (χ1) is 22.0. The molecule has 4 heterocycles. The molecule has 2 aliphatic rings. The summed E-state index contributed by atoms with van der Waals surface area (Å²) < 4.78 is 31.4. The molecule has 1 aromatic carbocycles. The van der Waals surface area contributed by atoms with Gasteiger partial charge in [0, 0.05) is 81.0 Å². The molecule has 5 rings (SSSR count). The van der Waals surface area contributed by atoms with Gasteiger partial charge in [0.1, 0.15) is 11.6 Å². The first kappa shape index (κ1) is 34.3. The second-order valence-electron chi connectivity index (χ2n) is 12.0. The fourth-order valence-corrected chi connectivity index (χ4v) is 6.77. The Morgan fingerprint density at radius 1 is 0.978 bits per heavy atom. The zero-order chi connectivity index (χ0) is 32.7. The Kier molecular flexibility index (Phi) is 11.7. The van der Waals surface area contributed by atoms with Crippen LogP contribution in [-0.2, 0) is 21.4 Å². The zero-order valence-corrected chi connectivity index (χ0v) is 28.5. The van der Waals surface area contributed by atoms with Crippen LogP contribution in [-0.4, -0.2) is 99.3 Å². The third-order valence-corrected chi connectivity index (χ3v) is 9.37. The van der Waals surface area contributed by atoms with Gasteiger partial charge in [-0.05, 0) is 73.8 Å². The van der Waals surface area contributed by atoms with E-state index in [1.165, 1.54) is 6.26 Å². The molecule has 46 heavy (non-hydrogen) atoms. The minimum atomic E-state index is -3.18. The number of piperazine rings is 1. The number of aromatic nitrogens is 2. The van der Waals surface area contributed by atoms with Crippen LogP contribution in [0.4, 0.5) is 5.82 Å². The van der Waals surface area contributed by atoms with Gasteiger partial charge in [0.2, 0.25) is 21.8 Å². The topological polar surface area (TPSA) is 120 Å². The fourth-order valence-electron chi connectivity index (χ4n) is 5.78. The van der Waals surface area contributed by atoms with Gasteiger partial charge in [0.15, 0.2) is 0 Å². The van der Waals surface area contributed by atoms with Crippen molar-refractivity contribution in [1.82, 2.24) is 29.8 Å². The lowest BCUT2D eigenvalue weighted by molar-refractivity contribution is -0.119. The van der Waals surface area contributed by atoms with Crippen molar-refractivity contribution in [3.8, 4) is 22.9 Å². The predicted octanol–water partition coefficient (Wildman–Crippen LogP) is 4.26.